The molecular formula is C13H14F3NO5S. The van der Waals surface area contributed by atoms with E-state index in [2.05, 4.69) is 10.1 Å². The Morgan fingerprint density at radius 3 is 2.35 bits per heavy atom. The minimum absolute atomic E-state index is 0.0411. The van der Waals surface area contributed by atoms with Crippen LogP contribution in [-0.2, 0) is 14.6 Å². The van der Waals surface area contributed by atoms with E-state index in [1.165, 1.54) is 12.1 Å². The Labute approximate surface area is 130 Å². The monoisotopic (exact) mass is 353 g/mol. The van der Waals surface area contributed by atoms with Crippen LogP contribution in [0.5, 0.6) is 11.5 Å². The van der Waals surface area contributed by atoms with E-state index < -0.39 is 33.9 Å². The van der Waals surface area contributed by atoms with Gasteiger partial charge in [0.2, 0.25) is 0 Å². The van der Waals surface area contributed by atoms with E-state index in [4.69, 9.17) is 4.74 Å². The summed E-state index contributed by atoms with van der Waals surface area (Å²) in [7, 11) is -3.09. The van der Waals surface area contributed by atoms with Crippen molar-refractivity contribution < 1.29 is 35.9 Å². The Hall–Kier alpha value is -1.97. The van der Waals surface area contributed by atoms with Crippen molar-refractivity contribution in [2.45, 2.75) is 18.8 Å². The van der Waals surface area contributed by atoms with Crippen LogP contribution in [0.2, 0.25) is 0 Å². The van der Waals surface area contributed by atoms with Crippen molar-refractivity contribution in [3.63, 3.8) is 0 Å². The fourth-order valence-electron chi connectivity index (χ4n) is 2.06. The molecule has 0 radical (unpaired) electrons. The van der Waals surface area contributed by atoms with Crippen molar-refractivity contribution in [2.75, 3.05) is 18.1 Å². The van der Waals surface area contributed by atoms with E-state index in [-0.39, 0.29) is 23.9 Å². The van der Waals surface area contributed by atoms with E-state index in [0.717, 1.165) is 12.1 Å². The highest BCUT2D eigenvalue weighted by Gasteiger charge is 2.31. The Bertz CT molecular complexity index is 657. The van der Waals surface area contributed by atoms with Gasteiger partial charge in [0, 0.05) is 6.04 Å². The molecular weight excluding hydrogens is 339 g/mol. The second-order valence-corrected chi connectivity index (χ2v) is 7.20. The molecule has 0 aliphatic carbocycles. The number of alkyl halides is 3. The highest BCUT2D eigenvalue weighted by molar-refractivity contribution is 7.91. The molecule has 0 spiro atoms. The quantitative estimate of drug-likeness (QED) is 0.862. The molecule has 1 saturated heterocycles. The zero-order valence-electron chi connectivity index (χ0n) is 11.8. The van der Waals surface area contributed by atoms with Gasteiger partial charge in [-0.05, 0) is 30.7 Å². The van der Waals surface area contributed by atoms with Crippen LogP contribution in [0.4, 0.5) is 13.2 Å². The van der Waals surface area contributed by atoms with Gasteiger partial charge in [0.05, 0.1) is 11.5 Å². The normalized spacial score (nSPS) is 20.0. The molecule has 1 amide bonds. The van der Waals surface area contributed by atoms with Gasteiger partial charge in [0.25, 0.3) is 5.91 Å². The molecule has 1 fully saturated rings. The number of amides is 1. The van der Waals surface area contributed by atoms with Crippen LogP contribution < -0.4 is 14.8 Å². The van der Waals surface area contributed by atoms with Crippen molar-refractivity contribution in [1.82, 2.24) is 5.32 Å². The predicted molar refractivity (Wildman–Crippen MR) is 73.8 cm³/mol. The molecule has 0 saturated carbocycles. The highest BCUT2D eigenvalue weighted by atomic mass is 32.2. The third kappa shape index (κ3) is 5.97. The summed E-state index contributed by atoms with van der Waals surface area (Å²) < 4.78 is 67.3. The van der Waals surface area contributed by atoms with Crippen LogP contribution in [0.15, 0.2) is 24.3 Å². The first-order valence-electron chi connectivity index (χ1n) is 6.61. The van der Waals surface area contributed by atoms with Gasteiger partial charge in [0.15, 0.2) is 16.4 Å². The Morgan fingerprint density at radius 2 is 1.83 bits per heavy atom. The van der Waals surface area contributed by atoms with Gasteiger partial charge < -0.3 is 14.8 Å². The highest BCUT2D eigenvalue weighted by Crippen LogP contribution is 2.24. The molecule has 1 aliphatic heterocycles. The summed E-state index contributed by atoms with van der Waals surface area (Å²) in [6.07, 6.45) is -4.42. The third-order valence-corrected chi connectivity index (χ3v) is 4.79. The first kappa shape index (κ1) is 17.4. The molecule has 0 aromatic heterocycles. The summed E-state index contributed by atoms with van der Waals surface area (Å²) >= 11 is 0. The molecule has 128 valence electrons. The third-order valence-electron chi connectivity index (χ3n) is 3.02. The van der Waals surface area contributed by atoms with Crippen molar-refractivity contribution in [3.05, 3.63) is 24.3 Å². The number of carbonyl (C=O) groups excluding carboxylic acids is 1. The number of hydrogen-bond donors (Lipinski definition) is 1. The number of nitrogens with one attached hydrogen (secondary N) is 1. The summed E-state index contributed by atoms with van der Waals surface area (Å²) in [5, 5.41) is 2.53. The van der Waals surface area contributed by atoms with Crippen LogP contribution in [0.25, 0.3) is 0 Å². The first-order valence-corrected chi connectivity index (χ1v) is 8.43. The number of halogens is 3. The van der Waals surface area contributed by atoms with Gasteiger partial charge in [-0.1, -0.05) is 0 Å². The van der Waals surface area contributed by atoms with Crippen molar-refractivity contribution >= 4 is 15.7 Å². The number of rotatable bonds is 5. The van der Waals surface area contributed by atoms with Crippen LogP contribution in [0.3, 0.4) is 0 Å². The fourth-order valence-corrected chi connectivity index (χ4v) is 3.74. The molecule has 1 heterocycles. The van der Waals surface area contributed by atoms with Crippen LogP contribution >= 0.6 is 0 Å². The summed E-state index contributed by atoms with van der Waals surface area (Å²) in [5.41, 5.74) is 0. The molecule has 1 aliphatic rings. The maximum absolute atomic E-state index is 12.0. The van der Waals surface area contributed by atoms with Gasteiger partial charge in [-0.25, -0.2) is 8.42 Å². The molecule has 10 heteroatoms. The van der Waals surface area contributed by atoms with Crippen LogP contribution in [0, 0.1) is 0 Å². The van der Waals surface area contributed by atoms with Gasteiger partial charge in [-0.15, -0.1) is 13.2 Å². The molecule has 1 atom stereocenters. The lowest BCUT2D eigenvalue weighted by Crippen LogP contribution is -2.38. The SMILES string of the molecule is O=C(COc1ccc(OC(F)(F)F)cc1)NC1CCS(=O)(=O)C1. The number of ether oxygens (including phenoxy) is 2. The Kier molecular flexibility index (Phi) is 5.03. The zero-order chi connectivity index (χ0) is 17.1. The fraction of sp³-hybridized carbons (Fsp3) is 0.462. The second kappa shape index (κ2) is 6.65. The van der Waals surface area contributed by atoms with Crippen molar-refractivity contribution in [3.8, 4) is 11.5 Å². The molecule has 2 rings (SSSR count). The minimum Gasteiger partial charge on any atom is -0.484 e. The molecule has 1 aromatic rings. The van der Waals surface area contributed by atoms with E-state index >= 15 is 0 Å². The summed E-state index contributed by atoms with van der Waals surface area (Å²) in [6, 6.07) is 4.15. The lowest BCUT2D eigenvalue weighted by Gasteiger charge is -2.12. The van der Waals surface area contributed by atoms with E-state index in [1.54, 1.807) is 0 Å². The standard InChI is InChI=1S/C13H14F3NO5S/c14-13(15,16)22-11-3-1-10(2-4-11)21-7-12(18)17-9-5-6-23(19,20)8-9/h1-4,9H,5-8H2,(H,17,18). The average molecular weight is 353 g/mol. The summed E-state index contributed by atoms with van der Waals surface area (Å²) in [4.78, 5) is 11.6. The van der Waals surface area contributed by atoms with Crippen LogP contribution in [0.1, 0.15) is 6.42 Å². The van der Waals surface area contributed by atoms with E-state index in [0.29, 0.717) is 6.42 Å². The van der Waals surface area contributed by atoms with Crippen molar-refractivity contribution in [1.29, 1.82) is 0 Å². The zero-order valence-corrected chi connectivity index (χ0v) is 12.6. The number of sulfone groups is 1. The summed E-state index contributed by atoms with van der Waals surface area (Å²) in [5.74, 6) is -0.760. The maximum atomic E-state index is 12.0. The Morgan fingerprint density at radius 1 is 1.22 bits per heavy atom. The van der Waals surface area contributed by atoms with Crippen LogP contribution in [-0.4, -0.2) is 44.8 Å². The van der Waals surface area contributed by atoms with E-state index in [9.17, 15) is 26.4 Å². The number of carbonyl (C=O) groups is 1. The molecule has 6 nitrogen and oxygen atoms in total. The summed E-state index contributed by atoms with van der Waals surface area (Å²) in [6.45, 7) is -0.365. The first-order chi connectivity index (χ1) is 10.6. The molecule has 1 aromatic carbocycles. The molecule has 1 N–H and O–H groups in total. The largest absolute Gasteiger partial charge is 0.573 e. The Balaban J connectivity index is 1.78. The predicted octanol–water partition coefficient (Wildman–Crippen LogP) is 1.27. The van der Waals surface area contributed by atoms with Gasteiger partial charge in [-0.2, -0.15) is 0 Å². The van der Waals surface area contributed by atoms with Gasteiger partial charge in [0.1, 0.15) is 11.5 Å². The lowest BCUT2D eigenvalue weighted by molar-refractivity contribution is -0.274. The van der Waals surface area contributed by atoms with Gasteiger partial charge in [-0.3, -0.25) is 4.79 Å². The van der Waals surface area contributed by atoms with E-state index in [1.807, 2.05) is 0 Å². The molecule has 23 heavy (non-hydrogen) atoms. The number of benzene rings is 1. The second-order valence-electron chi connectivity index (χ2n) is 4.98. The van der Waals surface area contributed by atoms with Crippen molar-refractivity contribution in [2.24, 2.45) is 0 Å². The topological polar surface area (TPSA) is 81.7 Å². The molecule has 1 unspecified atom stereocenters. The lowest BCUT2D eigenvalue weighted by atomic mass is 10.2. The minimum atomic E-state index is -4.77. The number of hydrogen-bond acceptors (Lipinski definition) is 5. The maximum Gasteiger partial charge on any atom is 0.573 e. The van der Waals surface area contributed by atoms with Gasteiger partial charge >= 0.3 is 6.36 Å². The molecule has 0 bridgehead atoms. The average Bonchev–Trinajstić information content (AvgIpc) is 2.75. The smallest absolute Gasteiger partial charge is 0.484 e.